The molecule has 0 saturated carbocycles. The van der Waals surface area contributed by atoms with E-state index in [0.29, 0.717) is 25.9 Å². The molecule has 2 aliphatic rings. The Labute approximate surface area is 161 Å². The molecule has 0 radical (unpaired) electrons. The number of piperidine rings is 1. The molecule has 1 spiro atoms. The lowest BCUT2D eigenvalue weighted by atomic mass is 9.85. The van der Waals surface area contributed by atoms with Gasteiger partial charge in [-0.15, -0.1) is 0 Å². The van der Waals surface area contributed by atoms with Gasteiger partial charge in [0.25, 0.3) is 0 Å². The van der Waals surface area contributed by atoms with E-state index in [2.05, 4.69) is 6.58 Å². The highest BCUT2D eigenvalue weighted by atomic mass is 16.5. The van der Waals surface area contributed by atoms with Crippen molar-refractivity contribution in [2.24, 2.45) is 5.92 Å². The fourth-order valence-corrected chi connectivity index (χ4v) is 4.07. The van der Waals surface area contributed by atoms with Crippen LogP contribution in [0.5, 0.6) is 0 Å². The average Bonchev–Trinajstić information content (AvgIpc) is 2.97. The Morgan fingerprint density at radius 3 is 2.37 bits per heavy atom. The van der Waals surface area contributed by atoms with Crippen LogP contribution in [0.3, 0.4) is 0 Å². The van der Waals surface area contributed by atoms with E-state index in [1.807, 2.05) is 20.8 Å². The fraction of sp³-hybridized carbons (Fsp3) is 0.737. The number of likely N-dealkylation sites (tertiary alicyclic amines) is 1. The summed E-state index contributed by atoms with van der Waals surface area (Å²) in [7, 11) is 2.96. The molecule has 0 aromatic carbocycles. The molecule has 0 N–H and O–H groups in total. The van der Waals surface area contributed by atoms with Gasteiger partial charge in [-0.05, 0) is 31.8 Å². The lowest BCUT2D eigenvalue weighted by molar-refractivity contribution is -0.147. The summed E-state index contributed by atoms with van der Waals surface area (Å²) < 4.78 is 10.8. The van der Waals surface area contributed by atoms with E-state index in [4.69, 9.17) is 9.47 Å². The first-order chi connectivity index (χ1) is 12.7. The van der Waals surface area contributed by atoms with Crippen molar-refractivity contribution in [3.05, 3.63) is 12.7 Å². The molecule has 8 heteroatoms. The lowest BCUT2D eigenvalue weighted by Crippen LogP contribution is -2.57. The van der Waals surface area contributed by atoms with Crippen LogP contribution in [0.4, 0.5) is 4.79 Å². The Bertz CT molecular complexity index is 598. The van der Waals surface area contributed by atoms with Crippen molar-refractivity contribution in [3.63, 3.8) is 0 Å². The van der Waals surface area contributed by atoms with Gasteiger partial charge in [0.1, 0.15) is 12.8 Å². The van der Waals surface area contributed by atoms with Crippen LogP contribution in [0.2, 0.25) is 0 Å². The molecule has 2 aliphatic heterocycles. The predicted octanol–water partition coefficient (Wildman–Crippen LogP) is 1.46. The highest BCUT2D eigenvalue weighted by molar-refractivity contribution is 5.87. The van der Waals surface area contributed by atoms with Crippen LogP contribution in [0, 0.1) is 5.92 Å². The first kappa shape index (κ1) is 21.2. The summed E-state index contributed by atoms with van der Waals surface area (Å²) in [5, 5.41) is 0. The second-order valence-electron chi connectivity index (χ2n) is 7.62. The number of rotatable bonds is 4. The number of hydrogen-bond acceptors (Lipinski definition) is 5. The number of likely N-dealkylation sites (N-methyl/N-ethyl adjacent to an activating group) is 1. The Hall–Kier alpha value is -2.09. The van der Waals surface area contributed by atoms with Crippen LogP contribution in [0.1, 0.15) is 33.6 Å². The van der Waals surface area contributed by atoms with Crippen LogP contribution >= 0.6 is 0 Å². The molecule has 3 amide bonds. The van der Waals surface area contributed by atoms with Gasteiger partial charge in [-0.25, -0.2) is 9.59 Å². The number of amides is 3. The van der Waals surface area contributed by atoms with Crippen LogP contribution in [-0.2, 0) is 19.1 Å². The van der Waals surface area contributed by atoms with Gasteiger partial charge in [0, 0.05) is 20.1 Å². The standard InChI is InChI=1S/C19H31N3O5/c1-7-15(23)22-12-27-19(14(22)4)8-10-21(11-9-19)18(25)20(5)16(13(2)3)17(24)26-6/h7,13-14,16H,1,8-12H2,2-6H3/t14?,16-/m0/s1. The lowest BCUT2D eigenvalue weighted by Gasteiger charge is -2.43. The summed E-state index contributed by atoms with van der Waals surface area (Å²) in [6.07, 6.45) is 2.57. The predicted molar refractivity (Wildman–Crippen MR) is 99.8 cm³/mol. The summed E-state index contributed by atoms with van der Waals surface area (Å²) in [4.78, 5) is 41.8. The molecule has 2 rings (SSSR count). The van der Waals surface area contributed by atoms with E-state index in [-0.39, 0.29) is 30.6 Å². The molecule has 0 aromatic heterocycles. The summed E-state index contributed by atoms with van der Waals surface area (Å²) >= 11 is 0. The third-order valence-electron chi connectivity index (χ3n) is 5.85. The summed E-state index contributed by atoms with van der Waals surface area (Å²) in [6.45, 7) is 10.5. The molecule has 2 saturated heterocycles. The molecule has 8 nitrogen and oxygen atoms in total. The van der Waals surface area contributed by atoms with Crippen molar-refractivity contribution in [2.45, 2.75) is 51.3 Å². The molecule has 2 fully saturated rings. The molecular weight excluding hydrogens is 350 g/mol. The van der Waals surface area contributed by atoms with Crippen molar-refractivity contribution < 1.29 is 23.9 Å². The highest BCUT2D eigenvalue weighted by Crippen LogP contribution is 2.37. The summed E-state index contributed by atoms with van der Waals surface area (Å²) in [6, 6.07) is -0.893. The molecule has 2 atom stereocenters. The Kier molecular flexibility index (Phi) is 6.51. The third-order valence-corrected chi connectivity index (χ3v) is 5.85. The van der Waals surface area contributed by atoms with Gasteiger partial charge in [0.15, 0.2) is 0 Å². The Morgan fingerprint density at radius 2 is 1.89 bits per heavy atom. The zero-order chi connectivity index (χ0) is 20.4. The Balaban J connectivity index is 2.02. The number of methoxy groups -OCH3 is 1. The van der Waals surface area contributed by atoms with Gasteiger partial charge in [-0.1, -0.05) is 20.4 Å². The van der Waals surface area contributed by atoms with Crippen molar-refractivity contribution >= 4 is 17.9 Å². The maximum absolute atomic E-state index is 12.9. The van der Waals surface area contributed by atoms with Gasteiger partial charge >= 0.3 is 12.0 Å². The SMILES string of the molecule is C=CC(=O)N1COC2(CCN(C(=O)N(C)[C@H](C(=O)OC)C(C)C)CC2)C1C. The second kappa shape index (κ2) is 8.29. The minimum Gasteiger partial charge on any atom is -0.467 e. The minimum absolute atomic E-state index is 0.0563. The van der Waals surface area contributed by atoms with Crippen molar-refractivity contribution in [1.82, 2.24) is 14.7 Å². The molecule has 0 bridgehead atoms. The maximum atomic E-state index is 12.9. The normalized spacial score (nSPS) is 22.7. The third kappa shape index (κ3) is 3.95. The van der Waals surface area contributed by atoms with E-state index >= 15 is 0 Å². The van der Waals surface area contributed by atoms with Crippen molar-refractivity contribution in [2.75, 3.05) is 34.0 Å². The molecule has 0 aliphatic carbocycles. The number of carbonyl (C=O) groups excluding carboxylic acids is 3. The fourth-order valence-electron chi connectivity index (χ4n) is 4.07. The van der Waals surface area contributed by atoms with E-state index in [1.54, 1.807) is 16.8 Å². The number of nitrogens with zero attached hydrogens (tertiary/aromatic N) is 3. The van der Waals surface area contributed by atoms with Crippen LogP contribution < -0.4 is 0 Å². The number of esters is 1. The topological polar surface area (TPSA) is 79.4 Å². The summed E-state index contributed by atoms with van der Waals surface area (Å²) in [5.74, 6) is -0.615. The highest BCUT2D eigenvalue weighted by Gasteiger charge is 2.50. The zero-order valence-corrected chi connectivity index (χ0v) is 16.9. The quantitative estimate of drug-likeness (QED) is 0.544. The first-order valence-electron chi connectivity index (χ1n) is 9.35. The minimum atomic E-state index is -0.624. The van der Waals surface area contributed by atoms with Gasteiger partial charge in [-0.3, -0.25) is 4.79 Å². The molecule has 27 heavy (non-hydrogen) atoms. The van der Waals surface area contributed by atoms with E-state index in [0.717, 1.165) is 0 Å². The molecular formula is C19H31N3O5. The van der Waals surface area contributed by atoms with Crippen molar-refractivity contribution in [1.29, 1.82) is 0 Å². The van der Waals surface area contributed by atoms with Crippen LogP contribution in [0.15, 0.2) is 12.7 Å². The average molecular weight is 381 g/mol. The summed E-state index contributed by atoms with van der Waals surface area (Å²) in [5.41, 5.74) is -0.437. The van der Waals surface area contributed by atoms with E-state index < -0.39 is 17.6 Å². The zero-order valence-electron chi connectivity index (χ0n) is 16.9. The monoisotopic (exact) mass is 381 g/mol. The number of ether oxygens (including phenoxy) is 2. The van der Waals surface area contributed by atoms with Gasteiger partial charge < -0.3 is 24.2 Å². The number of hydrogen-bond donors (Lipinski definition) is 0. The molecule has 152 valence electrons. The second-order valence-corrected chi connectivity index (χ2v) is 7.62. The number of urea groups is 1. The molecule has 0 aromatic rings. The smallest absolute Gasteiger partial charge is 0.328 e. The maximum Gasteiger partial charge on any atom is 0.328 e. The first-order valence-corrected chi connectivity index (χ1v) is 9.35. The largest absolute Gasteiger partial charge is 0.467 e. The molecule has 1 unspecified atom stereocenters. The van der Waals surface area contributed by atoms with Gasteiger partial charge in [-0.2, -0.15) is 0 Å². The molecule has 2 heterocycles. The van der Waals surface area contributed by atoms with Crippen molar-refractivity contribution in [3.8, 4) is 0 Å². The van der Waals surface area contributed by atoms with Gasteiger partial charge in [0.05, 0.1) is 18.8 Å². The van der Waals surface area contributed by atoms with E-state index in [1.165, 1.54) is 18.1 Å². The van der Waals surface area contributed by atoms with E-state index in [9.17, 15) is 14.4 Å². The number of carbonyl (C=O) groups is 3. The van der Waals surface area contributed by atoms with Gasteiger partial charge in [0.2, 0.25) is 5.91 Å². The van der Waals surface area contributed by atoms with Crippen LogP contribution in [-0.4, -0.2) is 84.3 Å². The van der Waals surface area contributed by atoms with Crippen LogP contribution in [0.25, 0.3) is 0 Å². The Morgan fingerprint density at radius 1 is 1.30 bits per heavy atom.